The van der Waals surface area contributed by atoms with Gasteiger partial charge >= 0.3 is 0 Å². The van der Waals surface area contributed by atoms with Crippen molar-refractivity contribution >= 4 is 5.91 Å². The van der Waals surface area contributed by atoms with Gasteiger partial charge in [0, 0.05) is 32.4 Å². The molecule has 0 saturated carbocycles. The molecule has 0 bridgehead atoms. The number of aliphatic hydroxyl groups excluding tert-OH is 1. The standard InChI is InChI=1S/C15H19F2NO3/c16-11-2-3-13(14(17)10-11)15(20)18-6-4-12(5-7-18)21-9-1-8-19/h2-3,10,12,19H,1,4-9H2. The molecule has 0 aliphatic carbocycles. The highest BCUT2D eigenvalue weighted by Crippen LogP contribution is 2.18. The van der Waals surface area contributed by atoms with Gasteiger partial charge in [-0.1, -0.05) is 0 Å². The maximum absolute atomic E-state index is 13.6. The molecule has 1 aromatic carbocycles. The van der Waals surface area contributed by atoms with Crippen molar-refractivity contribution in [2.24, 2.45) is 0 Å². The van der Waals surface area contributed by atoms with Crippen LogP contribution < -0.4 is 0 Å². The van der Waals surface area contributed by atoms with Crippen LogP contribution in [-0.4, -0.2) is 48.3 Å². The third-order valence-electron chi connectivity index (χ3n) is 3.55. The molecular weight excluding hydrogens is 280 g/mol. The van der Waals surface area contributed by atoms with Crippen molar-refractivity contribution in [3.8, 4) is 0 Å². The average molecular weight is 299 g/mol. The van der Waals surface area contributed by atoms with Crippen LogP contribution in [0.3, 0.4) is 0 Å². The summed E-state index contributed by atoms with van der Waals surface area (Å²) >= 11 is 0. The number of carbonyl (C=O) groups excluding carboxylic acids is 1. The number of likely N-dealkylation sites (tertiary alicyclic amines) is 1. The molecule has 1 fully saturated rings. The Hall–Kier alpha value is -1.53. The predicted octanol–water partition coefficient (Wildman–Crippen LogP) is 1.97. The number of hydrogen-bond donors (Lipinski definition) is 1. The van der Waals surface area contributed by atoms with Crippen molar-refractivity contribution in [3.05, 3.63) is 35.4 Å². The first-order valence-corrected chi connectivity index (χ1v) is 7.08. The fourth-order valence-electron chi connectivity index (χ4n) is 2.37. The first-order valence-electron chi connectivity index (χ1n) is 7.08. The summed E-state index contributed by atoms with van der Waals surface area (Å²) < 4.78 is 32.0. The van der Waals surface area contributed by atoms with Crippen molar-refractivity contribution in [1.29, 1.82) is 0 Å². The fourth-order valence-corrected chi connectivity index (χ4v) is 2.37. The lowest BCUT2D eigenvalue weighted by Gasteiger charge is -2.32. The van der Waals surface area contributed by atoms with E-state index in [0.717, 1.165) is 12.1 Å². The van der Waals surface area contributed by atoms with E-state index in [0.29, 0.717) is 39.0 Å². The Morgan fingerprint density at radius 1 is 1.33 bits per heavy atom. The summed E-state index contributed by atoms with van der Waals surface area (Å²) in [5, 5.41) is 8.69. The summed E-state index contributed by atoms with van der Waals surface area (Å²) in [6, 6.07) is 2.98. The maximum Gasteiger partial charge on any atom is 0.256 e. The van der Waals surface area contributed by atoms with Gasteiger partial charge in [-0.15, -0.1) is 0 Å². The van der Waals surface area contributed by atoms with Crippen molar-refractivity contribution in [2.75, 3.05) is 26.3 Å². The van der Waals surface area contributed by atoms with Crippen molar-refractivity contribution in [3.63, 3.8) is 0 Å². The van der Waals surface area contributed by atoms with Crippen molar-refractivity contribution < 1.29 is 23.4 Å². The van der Waals surface area contributed by atoms with Crippen LogP contribution in [0.25, 0.3) is 0 Å². The molecule has 4 nitrogen and oxygen atoms in total. The summed E-state index contributed by atoms with van der Waals surface area (Å²) in [5.41, 5.74) is -0.101. The molecular formula is C15H19F2NO3. The lowest BCUT2D eigenvalue weighted by molar-refractivity contribution is 0.00388. The molecule has 21 heavy (non-hydrogen) atoms. The summed E-state index contributed by atoms with van der Waals surface area (Å²) in [6.45, 7) is 1.57. The normalized spacial score (nSPS) is 16.2. The van der Waals surface area contributed by atoms with Gasteiger partial charge in [-0.3, -0.25) is 4.79 Å². The minimum Gasteiger partial charge on any atom is -0.396 e. The van der Waals surface area contributed by atoms with Gasteiger partial charge in [0.15, 0.2) is 0 Å². The van der Waals surface area contributed by atoms with Crippen LogP contribution in [0, 0.1) is 11.6 Å². The molecule has 1 aliphatic rings. The van der Waals surface area contributed by atoms with Gasteiger partial charge in [-0.25, -0.2) is 8.78 Å². The second kappa shape index (κ2) is 7.47. The topological polar surface area (TPSA) is 49.8 Å². The number of amides is 1. The van der Waals surface area contributed by atoms with E-state index < -0.39 is 17.5 Å². The number of benzene rings is 1. The largest absolute Gasteiger partial charge is 0.396 e. The Morgan fingerprint density at radius 3 is 2.67 bits per heavy atom. The highest BCUT2D eigenvalue weighted by atomic mass is 19.1. The molecule has 1 aliphatic heterocycles. The SMILES string of the molecule is O=C(c1ccc(F)cc1F)N1CCC(OCCCO)CC1. The minimum absolute atomic E-state index is 0.0682. The highest BCUT2D eigenvalue weighted by molar-refractivity contribution is 5.94. The zero-order valence-corrected chi connectivity index (χ0v) is 11.7. The molecule has 0 radical (unpaired) electrons. The summed E-state index contributed by atoms with van der Waals surface area (Å²) in [7, 11) is 0. The number of hydrogen-bond acceptors (Lipinski definition) is 3. The van der Waals surface area contributed by atoms with Gasteiger partial charge in [0.2, 0.25) is 0 Å². The Bertz CT molecular complexity index is 488. The van der Waals surface area contributed by atoms with Crippen LogP contribution in [0.1, 0.15) is 29.6 Å². The maximum atomic E-state index is 13.6. The Balaban J connectivity index is 1.88. The molecule has 1 aromatic rings. The zero-order valence-electron chi connectivity index (χ0n) is 11.7. The number of nitrogens with zero attached hydrogens (tertiary/aromatic N) is 1. The molecule has 6 heteroatoms. The van der Waals surface area contributed by atoms with Gasteiger partial charge in [0.05, 0.1) is 11.7 Å². The Kier molecular flexibility index (Phi) is 5.64. The highest BCUT2D eigenvalue weighted by Gasteiger charge is 2.25. The van der Waals surface area contributed by atoms with E-state index in [-0.39, 0.29) is 18.3 Å². The first kappa shape index (κ1) is 15.9. The lowest BCUT2D eigenvalue weighted by Crippen LogP contribution is -2.41. The van der Waals surface area contributed by atoms with E-state index in [9.17, 15) is 13.6 Å². The second-order valence-electron chi connectivity index (χ2n) is 5.06. The third-order valence-corrected chi connectivity index (χ3v) is 3.55. The molecule has 1 heterocycles. The summed E-state index contributed by atoms with van der Waals surface area (Å²) in [6.07, 6.45) is 2.03. The lowest BCUT2D eigenvalue weighted by atomic mass is 10.1. The third kappa shape index (κ3) is 4.22. The van der Waals surface area contributed by atoms with Gasteiger partial charge < -0.3 is 14.7 Å². The van der Waals surface area contributed by atoms with Crippen molar-refractivity contribution in [1.82, 2.24) is 4.90 Å². The number of aliphatic hydroxyl groups is 1. The van der Waals surface area contributed by atoms with Crippen LogP contribution in [0.4, 0.5) is 8.78 Å². The molecule has 1 N–H and O–H groups in total. The number of piperidine rings is 1. The van der Waals surface area contributed by atoms with Crippen molar-refractivity contribution in [2.45, 2.75) is 25.4 Å². The molecule has 0 aromatic heterocycles. The molecule has 1 amide bonds. The van der Waals surface area contributed by atoms with Gasteiger partial charge in [-0.05, 0) is 31.4 Å². The smallest absolute Gasteiger partial charge is 0.256 e. The first-order chi connectivity index (χ1) is 10.1. The van der Waals surface area contributed by atoms with Crippen LogP contribution in [0.15, 0.2) is 18.2 Å². The molecule has 0 spiro atoms. The monoisotopic (exact) mass is 299 g/mol. The van der Waals surface area contributed by atoms with Crippen LogP contribution in [-0.2, 0) is 4.74 Å². The number of ether oxygens (including phenoxy) is 1. The van der Waals surface area contributed by atoms with Gasteiger partial charge in [-0.2, -0.15) is 0 Å². The molecule has 2 rings (SSSR count). The molecule has 116 valence electrons. The predicted molar refractivity (Wildman–Crippen MR) is 72.9 cm³/mol. The average Bonchev–Trinajstić information content (AvgIpc) is 2.48. The Morgan fingerprint density at radius 2 is 2.05 bits per heavy atom. The van der Waals surface area contributed by atoms with Crippen LogP contribution in [0.5, 0.6) is 0 Å². The van der Waals surface area contributed by atoms with E-state index >= 15 is 0 Å². The van der Waals surface area contributed by atoms with Gasteiger partial charge in [0.1, 0.15) is 11.6 Å². The fraction of sp³-hybridized carbons (Fsp3) is 0.533. The van der Waals surface area contributed by atoms with E-state index in [1.165, 1.54) is 6.07 Å². The summed E-state index contributed by atoms with van der Waals surface area (Å²) in [5.74, 6) is -1.94. The zero-order chi connectivity index (χ0) is 15.2. The number of halogens is 2. The van der Waals surface area contributed by atoms with E-state index in [4.69, 9.17) is 9.84 Å². The van der Waals surface area contributed by atoms with E-state index in [1.807, 2.05) is 0 Å². The minimum atomic E-state index is -0.832. The Labute approximate surface area is 122 Å². The van der Waals surface area contributed by atoms with Crippen LogP contribution in [0.2, 0.25) is 0 Å². The number of carbonyl (C=O) groups is 1. The molecule has 1 saturated heterocycles. The van der Waals surface area contributed by atoms with Gasteiger partial charge in [0.25, 0.3) is 5.91 Å². The molecule has 0 atom stereocenters. The van der Waals surface area contributed by atoms with E-state index in [1.54, 1.807) is 4.90 Å². The quantitative estimate of drug-likeness (QED) is 0.846. The van der Waals surface area contributed by atoms with Crippen LogP contribution >= 0.6 is 0 Å². The second-order valence-corrected chi connectivity index (χ2v) is 5.06. The summed E-state index contributed by atoms with van der Waals surface area (Å²) in [4.78, 5) is 13.7. The molecule has 0 unspecified atom stereocenters. The number of rotatable bonds is 5. The van der Waals surface area contributed by atoms with E-state index in [2.05, 4.69) is 0 Å².